The third-order valence-electron chi connectivity index (χ3n) is 2.86. The van der Waals surface area contributed by atoms with Gasteiger partial charge in [-0.15, -0.1) is 0 Å². The van der Waals surface area contributed by atoms with E-state index >= 15 is 0 Å². The van der Waals surface area contributed by atoms with Crippen molar-refractivity contribution in [3.63, 3.8) is 0 Å². The van der Waals surface area contributed by atoms with Gasteiger partial charge in [-0.2, -0.15) is 5.26 Å². The van der Waals surface area contributed by atoms with Crippen LogP contribution in [0.25, 0.3) is 0 Å². The summed E-state index contributed by atoms with van der Waals surface area (Å²) in [6, 6.07) is 2.05. The average Bonchev–Trinajstić information content (AvgIpc) is 2.38. The lowest BCUT2D eigenvalue weighted by molar-refractivity contribution is 0.208. The maximum absolute atomic E-state index is 9.15. The molecule has 16 heavy (non-hydrogen) atoms. The standard InChI is InChI=1S/C11H14N4O/c12-6-10-11(14-4-3-13-10)15-5-1-2-9(7-15)8-16/h3-4,9,16H,1-2,5,7-8H2. The highest BCUT2D eigenvalue weighted by molar-refractivity contribution is 5.49. The Bertz CT molecular complexity index is 401. The van der Waals surface area contributed by atoms with E-state index in [0.717, 1.165) is 25.9 Å². The Morgan fingerprint density at radius 2 is 2.31 bits per heavy atom. The molecule has 1 saturated heterocycles. The molecule has 5 nitrogen and oxygen atoms in total. The topological polar surface area (TPSA) is 73.0 Å². The van der Waals surface area contributed by atoms with Gasteiger partial charge in [0.1, 0.15) is 6.07 Å². The summed E-state index contributed by atoms with van der Waals surface area (Å²) in [5.74, 6) is 0.922. The Morgan fingerprint density at radius 3 is 3.06 bits per heavy atom. The summed E-state index contributed by atoms with van der Waals surface area (Å²) >= 11 is 0. The zero-order valence-corrected chi connectivity index (χ0v) is 9.00. The highest BCUT2D eigenvalue weighted by Crippen LogP contribution is 2.22. The molecule has 1 unspecified atom stereocenters. The minimum Gasteiger partial charge on any atom is -0.396 e. The summed E-state index contributed by atoms with van der Waals surface area (Å²) in [7, 11) is 0. The van der Waals surface area contributed by atoms with Gasteiger partial charge in [0.05, 0.1) is 0 Å². The van der Waals surface area contributed by atoms with Crippen LogP contribution in [0, 0.1) is 17.2 Å². The number of aliphatic hydroxyl groups excluding tert-OH is 1. The first kappa shape index (κ1) is 10.8. The largest absolute Gasteiger partial charge is 0.396 e. The maximum atomic E-state index is 9.15. The molecule has 0 aromatic carbocycles. The van der Waals surface area contributed by atoms with Crippen molar-refractivity contribution in [1.82, 2.24) is 9.97 Å². The van der Waals surface area contributed by atoms with Gasteiger partial charge in [0.15, 0.2) is 11.5 Å². The molecule has 0 spiro atoms. The van der Waals surface area contributed by atoms with Crippen LogP contribution in [0.4, 0.5) is 5.82 Å². The molecule has 1 atom stereocenters. The predicted octanol–water partition coefficient (Wildman–Crippen LogP) is 0.557. The van der Waals surface area contributed by atoms with E-state index in [1.54, 1.807) is 6.20 Å². The van der Waals surface area contributed by atoms with Crippen LogP contribution >= 0.6 is 0 Å². The first-order chi connectivity index (χ1) is 7.85. The molecule has 1 aliphatic rings. The number of rotatable bonds is 2. The number of hydrogen-bond donors (Lipinski definition) is 1. The summed E-state index contributed by atoms with van der Waals surface area (Å²) < 4.78 is 0. The van der Waals surface area contributed by atoms with Crippen LogP contribution in [0.2, 0.25) is 0 Å². The van der Waals surface area contributed by atoms with Gasteiger partial charge in [-0.25, -0.2) is 9.97 Å². The van der Waals surface area contributed by atoms with Gasteiger partial charge >= 0.3 is 0 Å². The second-order valence-electron chi connectivity index (χ2n) is 3.98. The fourth-order valence-electron chi connectivity index (χ4n) is 2.05. The summed E-state index contributed by atoms with van der Waals surface area (Å²) in [5.41, 5.74) is 0.362. The molecule has 5 heteroatoms. The average molecular weight is 218 g/mol. The Kier molecular flexibility index (Phi) is 3.32. The number of nitriles is 1. The zero-order valence-electron chi connectivity index (χ0n) is 9.00. The lowest BCUT2D eigenvalue weighted by Crippen LogP contribution is -2.37. The van der Waals surface area contributed by atoms with Crippen molar-refractivity contribution in [2.45, 2.75) is 12.8 Å². The minimum absolute atomic E-state index is 0.193. The molecule has 1 fully saturated rings. The lowest BCUT2D eigenvalue weighted by Gasteiger charge is -2.32. The number of hydrogen-bond acceptors (Lipinski definition) is 5. The molecule has 2 heterocycles. The summed E-state index contributed by atoms with van der Waals surface area (Å²) in [5, 5.41) is 18.1. The number of aromatic nitrogens is 2. The number of nitrogens with zero attached hydrogens (tertiary/aromatic N) is 4. The highest BCUT2D eigenvalue weighted by atomic mass is 16.3. The van der Waals surface area contributed by atoms with E-state index in [1.807, 2.05) is 11.0 Å². The van der Waals surface area contributed by atoms with E-state index in [2.05, 4.69) is 9.97 Å². The smallest absolute Gasteiger partial charge is 0.183 e. The van der Waals surface area contributed by atoms with E-state index < -0.39 is 0 Å². The highest BCUT2D eigenvalue weighted by Gasteiger charge is 2.22. The third-order valence-corrected chi connectivity index (χ3v) is 2.86. The Labute approximate surface area is 94.4 Å². The van der Waals surface area contributed by atoms with Gasteiger partial charge in [0, 0.05) is 32.1 Å². The first-order valence-corrected chi connectivity index (χ1v) is 5.42. The summed E-state index contributed by atoms with van der Waals surface area (Å²) in [6.45, 7) is 1.83. The van der Waals surface area contributed by atoms with E-state index in [9.17, 15) is 0 Å². The van der Waals surface area contributed by atoms with Gasteiger partial charge < -0.3 is 10.0 Å². The molecule has 0 aliphatic carbocycles. The summed E-state index contributed by atoms with van der Waals surface area (Å²) in [6.07, 6.45) is 5.18. The predicted molar refractivity (Wildman–Crippen MR) is 58.8 cm³/mol. The quantitative estimate of drug-likeness (QED) is 0.785. The number of piperidine rings is 1. The van der Waals surface area contributed by atoms with Crippen molar-refractivity contribution in [3.8, 4) is 6.07 Å². The normalized spacial score (nSPS) is 20.5. The van der Waals surface area contributed by atoms with Crippen molar-refractivity contribution in [2.75, 3.05) is 24.6 Å². The number of aliphatic hydroxyl groups is 1. The molecule has 2 rings (SSSR count). The van der Waals surface area contributed by atoms with E-state index in [0.29, 0.717) is 11.5 Å². The molecule has 0 amide bonds. The first-order valence-electron chi connectivity index (χ1n) is 5.42. The van der Waals surface area contributed by atoms with Crippen LogP contribution in [0.3, 0.4) is 0 Å². The lowest BCUT2D eigenvalue weighted by atomic mass is 9.99. The molecular formula is C11H14N4O. The van der Waals surface area contributed by atoms with Crippen LogP contribution in [0.1, 0.15) is 18.5 Å². The Morgan fingerprint density at radius 1 is 1.50 bits per heavy atom. The zero-order chi connectivity index (χ0) is 11.4. The van der Waals surface area contributed by atoms with Gasteiger partial charge in [-0.1, -0.05) is 0 Å². The molecular weight excluding hydrogens is 204 g/mol. The Hall–Kier alpha value is -1.67. The van der Waals surface area contributed by atoms with Crippen molar-refractivity contribution in [3.05, 3.63) is 18.1 Å². The van der Waals surface area contributed by atoms with Crippen LogP contribution < -0.4 is 4.90 Å². The van der Waals surface area contributed by atoms with Crippen molar-refractivity contribution < 1.29 is 5.11 Å². The fourth-order valence-corrected chi connectivity index (χ4v) is 2.05. The SMILES string of the molecule is N#Cc1nccnc1N1CCCC(CO)C1. The molecule has 1 aliphatic heterocycles. The van der Waals surface area contributed by atoms with Gasteiger partial charge in [-0.3, -0.25) is 0 Å². The molecule has 0 bridgehead atoms. The van der Waals surface area contributed by atoms with Crippen molar-refractivity contribution >= 4 is 5.82 Å². The van der Waals surface area contributed by atoms with E-state index in [4.69, 9.17) is 10.4 Å². The van der Waals surface area contributed by atoms with Crippen molar-refractivity contribution in [1.29, 1.82) is 5.26 Å². The second kappa shape index (κ2) is 4.90. The molecule has 1 aromatic heterocycles. The van der Waals surface area contributed by atoms with Crippen LogP contribution in [0.5, 0.6) is 0 Å². The molecule has 1 N–H and O–H groups in total. The molecule has 0 saturated carbocycles. The van der Waals surface area contributed by atoms with Gasteiger partial charge in [0.2, 0.25) is 0 Å². The molecule has 84 valence electrons. The monoisotopic (exact) mass is 218 g/mol. The van der Waals surface area contributed by atoms with Crippen LogP contribution in [-0.2, 0) is 0 Å². The second-order valence-corrected chi connectivity index (χ2v) is 3.98. The van der Waals surface area contributed by atoms with Gasteiger partial charge in [0.25, 0.3) is 0 Å². The minimum atomic E-state index is 0.193. The number of anilines is 1. The van der Waals surface area contributed by atoms with Crippen molar-refractivity contribution in [2.24, 2.45) is 5.92 Å². The maximum Gasteiger partial charge on any atom is 0.183 e. The molecule has 0 radical (unpaired) electrons. The Balaban J connectivity index is 2.20. The fraction of sp³-hybridized carbons (Fsp3) is 0.545. The van der Waals surface area contributed by atoms with Crippen LogP contribution in [-0.4, -0.2) is 34.8 Å². The summed E-state index contributed by atoms with van der Waals surface area (Å²) in [4.78, 5) is 10.2. The third kappa shape index (κ3) is 2.12. The van der Waals surface area contributed by atoms with Gasteiger partial charge in [-0.05, 0) is 18.8 Å². The van der Waals surface area contributed by atoms with E-state index in [-0.39, 0.29) is 12.5 Å². The van der Waals surface area contributed by atoms with E-state index in [1.165, 1.54) is 6.20 Å². The van der Waals surface area contributed by atoms with Crippen LogP contribution in [0.15, 0.2) is 12.4 Å². The molecule has 1 aromatic rings.